The normalized spacial score (nSPS) is 14.4. The SMILES string of the molecule is COc1ccc(Cl)c2sc(N3CCN(C(=O)CSc4ccc(Cl)cc4)CC3)nc12. The van der Waals surface area contributed by atoms with Crippen LogP contribution in [0.1, 0.15) is 0 Å². The molecule has 1 aliphatic heterocycles. The van der Waals surface area contributed by atoms with E-state index >= 15 is 0 Å². The van der Waals surface area contributed by atoms with Crippen molar-refractivity contribution in [1.82, 2.24) is 9.88 Å². The number of halogens is 2. The molecule has 1 aliphatic rings. The Bertz CT molecular complexity index is 1020. The number of benzene rings is 2. The van der Waals surface area contributed by atoms with E-state index in [1.165, 1.54) is 11.8 Å². The van der Waals surface area contributed by atoms with Crippen LogP contribution in [0.3, 0.4) is 0 Å². The lowest BCUT2D eigenvalue weighted by Gasteiger charge is -2.34. The minimum Gasteiger partial charge on any atom is -0.494 e. The van der Waals surface area contributed by atoms with E-state index in [1.807, 2.05) is 41.3 Å². The number of thiazole rings is 1. The molecule has 0 N–H and O–H groups in total. The molecule has 1 saturated heterocycles. The second-order valence-electron chi connectivity index (χ2n) is 6.53. The molecule has 5 nitrogen and oxygen atoms in total. The van der Waals surface area contributed by atoms with Crippen LogP contribution in [0, 0.1) is 0 Å². The third-order valence-corrected chi connectivity index (χ3v) is 7.57. The second kappa shape index (κ2) is 9.00. The van der Waals surface area contributed by atoms with Crippen LogP contribution in [0.25, 0.3) is 10.2 Å². The number of hydrogen-bond donors (Lipinski definition) is 0. The topological polar surface area (TPSA) is 45.7 Å². The quantitative estimate of drug-likeness (QED) is 0.491. The lowest BCUT2D eigenvalue weighted by Crippen LogP contribution is -2.49. The Morgan fingerprint density at radius 2 is 1.86 bits per heavy atom. The molecule has 2 aromatic carbocycles. The van der Waals surface area contributed by atoms with Gasteiger partial charge in [0.1, 0.15) is 11.3 Å². The molecule has 9 heteroatoms. The number of nitrogens with zero attached hydrogens (tertiary/aromatic N) is 3. The molecule has 0 radical (unpaired) electrons. The minimum absolute atomic E-state index is 0.151. The predicted octanol–water partition coefficient (Wildman–Crippen LogP) is 5.05. The number of thioether (sulfide) groups is 1. The molecule has 0 atom stereocenters. The van der Waals surface area contributed by atoms with E-state index in [-0.39, 0.29) is 5.91 Å². The number of fused-ring (bicyclic) bond motifs is 1. The molecule has 0 saturated carbocycles. The van der Waals surface area contributed by atoms with E-state index in [4.69, 9.17) is 32.9 Å². The third-order valence-electron chi connectivity index (χ3n) is 4.75. The number of methoxy groups -OCH3 is 1. The Kier molecular flexibility index (Phi) is 6.39. The Hall–Kier alpha value is -1.67. The van der Waals surface area contributed by atoms with Crippen LogP contribution in [0.15, 0.2) is 41.3 Å². The molecule has 3 aromatic rings. The summed E-state index contributed by atoms with van der Waals surface area (Å²) in [5.41, 5.74) is 0.790. The lowest BCUT2D eigenvalue weighted by atomic mass is 10.3. The summed E-state index contributed by atoms with van der Waals surface area (Å²) < 4.78 is 6.34. The number of aromatic nitrogens is 1. The highest BCUT2D eigenvalue weighted by atomic mass is 35.5. The summed E-state index contributed by atoms with van der Waals surface area (Å²) in [7, 11) is 1.63. The van der Waals surface area contributed by atoms with E-state index in [2.05, 4.69) is 4.90 Å². The molecule has 0 unspecified atom stereocenters. The van der Waals surface area contributed by atoms with Crippen LogP contribution in [0.2, 0.25) is 10.0 Å². The van der Waals surface area contributed by atoms with Gasteiger partial charge in [-0.05, 0) is 36.4 Å². The number of hydrogen-bond acceptors (Lipinski definition) is 6. The number of carbonyl (C=O) groups excluding carboxylic acids is 1. The number of ether oxygens (including phenoxy) is 1. The van der Waals surface area contributed by atoms with E-state index in [0.29, 0.717) is 28.9 Å². The first-order valence-electron chi connectivity index (χ1n) is 9.09. The van der Waals surface area contributed by atoms with E-state index in [1.54, 1.807) is 18.4 Å². The first kappa shape index (κ1) is 20.6. The molecule has 0 spiro atoms. The summed E-state index contributed by atoms with van der Waals surface area (Å²) in [6.45, 7) is 2.86. The van der Waals surface area contributed by atoms with Crippen LogP contribution in [0.5, 0.6) is 5.75 Å². The highest BCUT2D eigenvalue weighted by Crippen LogP contribution is 2.38. The van der Waals surface area contributed by atoms with Gasteiger partial charge in [-0.15, -0.1) is 11.8 Å². The van der Waals surface area contributed by atoms with Crippen LogP contribution in [-0.2, 0) is 4.79 Å². The van der Waals surface area contributed by atoms with Crippen molar-refractivity contribution >= 4 is 67.6 Å². The summed E-state index contributed by atoms with van der Waals surface area (Å²) >= 11 is 15.3. The molecule has 1 aromatic heterocycles. The molecule has 1 amide bonds. The summed E-state index contributed by atoms with van der Waals surface area (Å²) in [5, 5.41) is 2.29. The van der Waals surface area contributed by atoms with E-state index in [9.17, 15) is 4.79 Å². The maximum absolute atomic E-state index is 12.6. The maximum Gasteiger partial charge on any atom is 0.233 e. The van der Waals surface area contributed by atoms with Crippen molar-refractivity contribution in [3.05, 3.63) is 46.4 Å². The molecule has 1 fully saturated rings. The fraction of sp³-hybridized carbons (Fsp3) is 0.300. The third kappa shape index (κ3) is 4.58. The van der Waals surface area contributed by atoms with Gasteiger partial charge >= 0.3 is 0 Å². The van der Waals surface area contributed by atoms with Crippen molar-refractivity contribution in [3.8, 4) is 5.75 Å². The van der Waals surface area contributed by atoms with Crippen molar-refractivity contribution in [2.24, 2.45) is 0 Å². The van der Waals surface area contributed by atoms with Crippen molar-refractivity contribution in [2.45, 2.75) is 4.90 Å². The number of anilines is 1. The van der Waals surface area contributed by atoms with Gasteiger partial charge < -0.3 is 14.5 Å². The standard InChI is InChI=1S/C20H19Cl2N3O2S2/c1-27-16-7-6-15(22)19-18(16)23-20(29-19)25-10-8-24(9-11-25)17(26)12-28-14-4-2-13(21)3-5-14/h2-7H,8-12H2,1H3. The van der Waals surface area contributed by atoms with Gasteiger partial charge in [-0.1, -0.05) is 34.5 Å². The Labute approximate surface area is 187 Å². The Morgan fingerprint density at radius 3 is 2.55 bits per heavy atom. The van der Waals surface area contributed by atoms with Crippen molar-refractivity contribution in [1.29, 1.82) is 0 Å². The molecular formula is C20H19Cl2N3O2S2. The van der Waals surface area contributed by atoms with Gasteiger partial charge in [-0.2, -0.15) is 0 Å². The number of rotatable bonds is 5. The Morgan fingerprint density at radius 1 is 1.14 bits per heavy atom. The first-order chi connectivity index (χ1) is 14.0. The molecule has 29 heavy (non-hydrogen) atoms. The fourth-order valence-corrected chi connectivity index (χ4v) is 5.39. The summed E-state index contributed by atoms with van der Waals surface area (Å²) in [6, 6.07) is 11.2. The van der Waals surface area contributed by atoms with Gasteiger partial charge in [0.25, 0.3) is 0 Å². The molecule has 152 valence electrons. The van der Waals surface area contributed by atoms with Crippen molar-refractivity contribution < 1.29 is 9.53 Å². The highest BCUT2D eigenvalue weighted by molar-refractivity contribution is 8.00. The number of amides is 1. The molecule has 0 aliphatic carbocycles. The smallest absolute Gasteiger partial charge is 0.233 e. The first-order valence-corrected chi connectivity index (χ1v) is 11.6. The zero-order valence-electron chi connectivity index (χ0n) is 15.7. The van der Waals surface area contributed by atoms with Gasteiger partial charge in [-0.25, -0.2) is 4.98 Å². The molecular weight excluding hydrogens is 449 g/mol. The minimum atomic E-state index is 0.151. The number of piperazine rings is 1. The monoisotopic (exact) mass is 467 g/mol. The number of carbonyl (C=O) groups is 1. The largest absolute Gasteiger partial charge is 0.494 e. The average Bonchev–Trinajstić information content (AvgIpc) is 3.20. The van der Waals surface area contributed by atoms with Crippen molar-refractivity contribution in [2.75, 3.05) is 43.9 Å². The summed E-state index contributed by atoms with van der Waals surface area (Å²) in [5.74, 6) is 1.30. The maximum atomic E-state index is 12.6. The zero-order chi connectivity index (χ0) is 20.4. The average molecular weight is 468 g/mol. The van der Waals surface area contributed by atoms with Crippen LogP contribution >= 0.6 is 46.3 Å². The predicted molar refractivity (Wildman–Crippen MR) is 122 cm³/mol. The lowest BCUT2D eigenvalue weighted by molar-refractivity contribution is -0.128. The molecule has 4 rings (SSSR count). The van der Waals surface area contributed by atoms with Crippen molar-refractivity contribution in [3.63, 3.8) is 0 Å². The second-order valence-corrected chi connectivity index (χ2v) is 9.40. The van der Waals surface area contributed by atoms with Gasteiger partial charge in [0.05, 0.1) is 22.6 Å². The van der Waals surface area contributed by atoms with Crippen LogP contribution in [0.4, 0.5) is 5.13 Å². The highest BCUT2D eigenvalue weighted by Gasteiger charge is 2.24. The van der Waals surface area contributed by atoms with Gasteiger partial charge in [0.15, 0.2) is 5.13 Å². The van der Waals surface area contributed by atoms with E-state index in [0.717, 1.165) is 39.1 Å². The van der Waals surface area contributed by atoms with Gasteiger partial charge in [0, 0.05) is 36.1 Å². The summed E-state index contributed by atoms with van der Waals surface area (Å²) in [6.07, 6.45) is 0. The zero-order valence-corrected chi connectivity index (χ0v) is 18.9. The van der Waals surface area contributed by atoms with E-state index < -0.39 is 0 Å². The van der Waals surface area contributed by atoms with Gasteiger partial charge in [-0.3, -0.25) is 4.79 Å². The van der Waals surface area contributed by atoms with Crippen LogP contribution in [-0.4, -0.2) is 54.8 Å². The molecule has 0 bridgehead atoms. The summed E-state index contributed by atoms with van der Waals surface area (Å²) in [4.78, 5) is 22.5. The van der Waals surface area contributed by atoms with Gasteiger partial charge in [0.2, 0.25) is 5.91 Å². The Balaban J connectivity index is 1.36. The fourth-order valence-electron chi connectivity index (χ4n) is 3.16. The van der Waals surface area contributed by atoms with Crippen LogP contribution < -0.4 is 9.64 Å². The molecule has 2 heterocycles.